The Kier molecular flexibility index (Phi) is 6.23. The second kappa shape index (κ2) is 8.45. The molecule has 3 rings (SSSR count). The Morgan fingerprint density at radius 3 is 2.48 bits per heavy atom. The zero-order valence-corrected chi connectivity index (χ0v) is 15.7. The molecule has 3 unspecified atom stereocenters. The van der Waals surface area contributed by atoms with Crippen LogP contribution in [0.5, 0.6) is 0 Å². The van der Waals surface area contributed by atoms with Gasteiger partial charge >= 0.3 is 0 Å². The maximum absolute atomic E-state index is 12.9. The quantitative estimate of drug-likeness (QED) is 0.660. The number of aliphatic hydroxyl groups excluding tert-OH is 1. The van der Waals surface area contributed by atoms with Gasteiger partial charge in [-0.15, -0.1) is 0 Å². The maximum atomic E-state index is 12.9. The molecular weight excluding hydrogens is 371 g/mol. The molecule has 0 aromatic heterocycles. The molecule has 1 heterocycles. The van der Waals surface area contributed by atoms with Gasteiger partial charge < -0.3 is 15.2 Å². The second-order valence-electron chi connectivity index (χ2n) is 6.64. The van der Waals surface area contributed by atoms with Gasteiger partial charge in [-0.25, -0.2) is 17.5 Å². The number of sulfonamides is 1. The van der Waals surface area contributed by atoms with Gasteiger partial charge in [0.25, 0.3) is 0 Å². The number of aryl methyl sites for hydroxylation is 1. The molecule has 0 aliphatic carbocycles. The van der Waals surface area contributed by atoms with Crippen molar-refractivity contribution in [2.45, 2.75) is 36.6 Å². The minimum Gasteiger partial charge on any atom is -0.389 e. The van der Waals surface area contributed by atoms with Crippen LogP contribution in [-0.4, -0.2) is 44.9 Å². The highest BCUT2D eigenvalue weighted by Crippen LogP contribution is 2.16. The minimum atomic E-state index is -3.66. The summed E-state index contributed by atoms with van der Waals surface area (Å²) in [5.74, 6) is -0.302. The molecule has 0 saturated carbocycles. The summed E-state index contributed by atoms with van der Waals surface area (Å²) < 4.78 is 45.6. The summed E-state index contributed by atoms with van der Waals surface area (Å²) in [4.78, 5) is 0.173. The van der Waals surface area contributed by atoms with Gasteiger partial charge in [0.05, 0.1) is 29.8 Å². The summed E-state index contributed by atoms with van der Waals surface area (Å²) in [6, 6.07) is 12.3. The van der Waals surface area contributed by atoms with Crippen molar-refractivity contribution in [1.82, 2.24) is 10.0 Å². The Hall–Kier alpha value is -1.84. The lowest BCUT2D eigenvalue weighted by Gasteiger charge is -2.19. The fourth-order valence-electron chi connectivity index (χ4n) is 2.89. The molecule has 2 aromatic rings. The minimum absolute atomic E-state index is 0.0217. The largest absolute Gasteiger partial charge is 0.389 e. The van der Waals surface area contributed by atoms with Crippen molar-refractivity contribution in [1.29, 1.82) is 0 Å². The highest BCUT2D eigenvalue weighted by Gasteiger charge is 2.36. The SMILES string of the molecule is Cc1ccc(S(=O)(=O)NCC2OCC(NCc3ccc(F)cc3)C2O)cc1. The lowest BCUT2D eigenvalue weighted by molar-refractivity contribution is 0.0443. The monoisotopic (exact) mass is 394 g/mol. The van der Waals surface area contributed by atoms with Crippen molar-refractivity contribution in [2.24, 2.45) is 0 Å². The molecule has 6 nitrogen and oxygen atoms in total. The molecule has 0 bridgehead atoms. The normalized spacial score (nSPS) is 22.9. The Morgan fingerprint density at radius 1 is 1.15 bits per heavy atom. The highest BCUT2D eigenvalue weighted by atomic mass is 32.2. The summed E-state index contributed by atoms with van der Waals surface area (Å²) in [6.45, 7) is 2.57. The Bertz CT molecular complexity index is 856. The van der Waals surface area contributed by atoms with Crippen molar-refractivity contribution in [3.05, 3.63) is 65.5 Å². The smallest absolute Gasteiger partial charge is 0.240 e. The molecule has 1 aliphatic rings. The average Bonchev–Trinajstić information content (AvgIpc) is 3.00. The molecule has 0 radical (unpaired) electrons. The van der Waals surface area contributed by atoms with Gasteiger partial charge in [0.1, 0.15) is 5.82 Å². The van der Waals surface area contributed by atoms with Crippen LogP contribution in [0, 0.1) is 12.7 Å². The molecule has 27 heavy (non-hydrogen) atoms. The van der Waals surface area contributed by atoms with E-state index in [1.165, 1.54) is 24.3 Å². The van der Waals surface area contributed by atoms with Crippen LogP contribution >= 0.6 is 0 Å². The van der Waals surface area contributed by atoms with Crippen LogP contribution in [0.4, 0.5) is 4.39 Å². The molecule has 1 saturated heterocycles. The van der Waals surface area contributed by atoms with Crippen LogP contribution in [0.2, 0.25) is 0 Å². The van der Waals surface area contributed by atoms with E-state index >= 15 is 0 Å². The number of hydrogen-bond acceptors (Lipinski definition) is 5. The van der Waals surface area contributed by atoms with Crippen LogP contribution in [0.15, 0.2) is 53.4 Å². The molecule has 1 aliphatic heterocycles. The lowest BCUT2D eigenvalue weighted by atomic mass is 10.1. The number of ether oxygens (including phenoxy) is 1. The van der Waals surface area contributed by atoms with E-state index < -0.39 is 22.2 Å². The topological polar surface area (TPSA) is 87.7 Å². The summed E-state index contributed by atoms with van der Waals surface area (Å²) in [6.07, 6.45) is -1.50. The van der Waals surface area contributed by atoms with Gasteiger partial charge in [-0.1, -0.05) is 29.8 Å². The van der Waals surface area contributed by atoms with Crippen molar-refractivity contribution in [3.8, 4) is 0 Å². The van der Waals surface area contributed by atoms with Crippen LogP contribution in [0.25, 0.3) is 0 Å². The number of rotatable bonds is 7. The number of halogens is 1. The van der Waals surface area contributed by atoms with Gasteiger partial charge in [0.15, 0.2) is 0 Å². The molecule has 0 spiro atoms. The zero-order valence-electron chi connectivity index (χ0n) is 14.9. The van der Waals surface area contributed by atoms with Crippen molar-refractivity contribution >= 4 is 10.0 Å². The third-order valence-corrected chi connectivity index (χ3v) is 6.01. The van der Waals surface area contributed by atoms with Crippen molar-refractivity contribution < 1.29 is 22.7 Å². The van der Waals surface area contributed by atoms with E-state index in [1.54, 1.807) is 24.3 Å². The van der Waals surface area contributed by atoms with E-state index in [0.717, 1.165) is 11.1 Å². The Morgan fingerprint density at radius 2 is 1.81 bits per heavy atom. The van der Waals surface area contributed by atoms with Gasteiger partial charge in [-0.05, 0) is 36.8 Å². The first-order chi connectivity index (χ1) is 12.8. The third-order valence-electron chi connectivity index (χ3n) is 4.57. The number of hydrogen-bond donors (Lipinski definition) is 3. The molecule has 2 aromatic carbocycles. The van der Waals surface area contributed by atoms with Crippen LogP contribution in [0.1, 0.15) is 11.1 Å². The van der Waals surface area contributed by atoms with E-state index in [-0.39, 0.29) is 29.9 Å². The predicted octanol–water partition coefficient (Wildman–Crippen LogP) is 1.33. The third kappa shape index (κ3) is 5.12. The van der Waals surface area contributed by atoms with Gasteiger partial charge in [0.2, 0.25) is 10.0 Å². The van der Waals surface area contributed by atoms with E-state index in [2.05, 4.69) is 10.0 Å². The van der Waals surface area contributed by atoms with Crippen LogP contribution in [0.3, 0.4) is 0 Å². The predicted molar refractivity (Wildman–Crippen MR) is 99.1 cm³/mol. The standard InChI is InChI=1S/C19H23FN2O4S/c1-13-2-8-16(9-3-13)27(24,25)22-11-18-19(23)17(12-26-18)21-10-14-4-6-15(20)7-5-14/h2-9,17-19,21-23H,10-12H2,1H3. The molecule has 0 amide bonds. The molecule has 8 heteroatoms. The molecular formula is C19H23FN2O4S. The van der Waals surface area contributed by atoms with E-state index in [4.69, 9.17) is 4.74 Å². The molecule has 1 fully saturated rings. The summed E-state index contributed by atoms with van der Waals surface area (Å²) in [7, 11) is -3.66. The summed E-state index contributed by atoms with van der Waals surface area (Å²) >= 11 is 0. The first kappa shape index (κ1) is 19.9. The van der Waals surface area contributed by atoms with Crippen molar-refractivity contribution in [3.63, 3.8) is 0 Å². The van der Waals surface area contributed by atoms with Gasteiger partial charge in [-0.3, -0.25) is 0 Å². The summed E-state index contributed by atoms with van der Waals surface area (Å²) in [5, 5.41) is 13.5. The van der Waals surface area contributed by atoms with Gasteiger partial charge in [0, 0.05) is 13.1 Å². The van der Waals surface area contributed by atoms with E-state index in [0.29, 0.717) is 6.54 Å². The Labute approximate surface area is 158 Å². The lowest BCUT2D eigenvalue weighted by Crippen LogP contribution is -2.44. The molecule has 3 N–H and O–H groups in total. The maximum Gasteiger partial charge on any atom is 0.240 e. The average molecular weight is 394 g/mol. The van der Waals surface area contributed by atoms with Gasteiger partial charge in [-0.2, -0.15) is 0 Å². The number of aliphatic hydroxyl groups is 1. The number of benzene rings is 2. The fourth-order valence-corrected chi connectivity index (χ4v) is 3.93. The molecule has 3 atom stereocenters. The molecule has 146 valence electrons. The zero-order chi connectivity index (χ0) is 19.4. The first-order valence-corrected chi connectivity index (χ1v) is 10.2. The summed E-state index contributed by atoms with van der Waals surface area (Å²) in [5.41, 5.74) is 1.85. The fraction of sp³-hybridized carbons (Fsp3) is 0.368. The highest BCUT2D eigenvalue weighted by molar-refractivity contribution is 7.89. The number of nitrogens with one attached hydrogen (secondary N) is 2. The van der Waals surface area contributed by atoms with E-state index in [9.17, 15) is 17.9 Å². The first-order valence-electron chi connectivity index (χ1n) is 8.69. The van der Waals surface area contributed by atoms with Crippen molar-refractivity contribution in [2.75, 3.05) is 13.2 Å². The Balaban J connectivity index is 1.51. The van der Waals surface area contributed by atoms with E-state index in [1.807, 2.05) is 6.92 Å². The van der Waals surface area contributed by atoms with Crippen LogP contribution in [-0.2, 0) is 21.3 Å². The van der Waals surface area contributed by atoms with Crippen LogP contribution < -0.4 is 10.0 Å². The second-order valence-corrected chi connectivity index (χ2v) is 8.41.